The second-order valence-corrected chi connectivity index (χ2v) is 36.7. The van der Waals surface area contributed by atoms with Gasteiger partial charge < -0.3 is 23.5 Å². The zero-order chi connectivity index (χ0) is 102. The number of pyridine rings is 3. The molecule has 1 aliphatic heterocycles. The zero-order valence-electron chi connectivity index (χ0n) is 94.3. The molecular formula is C119H219N5O3S2. The minimum Gasteiger partial charge on any atom is -0.472 e. The first kappa shape index (κ1) is 148. The average Bonchev–Trinajstić information content (AvgIpc) is 1.90. The van der Waals surface area contributed by atoms with Crippen molar-refractivity contribution >= 4 is 22.7 Å². The molecule has 750 valence electrons. The van der Waals surface area contributed by atoms with Gasteiger partial charge in [-0.05, 0) is 263 Å². The Balaban J connectivity index is -0.000000114. The zero-order valence-corrected chi connectivity index (χ0v) is 95.9. The number of hydrogen-bond acceptors (Lipinski definition) is 8. The smallest absolute Gasteiger partial charge is 0.104 e. The Morgan fingerprint density at radius 3 is 1.16 bits per heavy atom. The van der Waals surface area contributed by atoms with Crippen molar-refractivity contribution in [3.63, 3.8) is 0 Å². The van der Waals surface area contributed by atoms with E-state index in [4.69, 9.17) is 13.6 Å². The van der Waals surface area contributed by atoms with Crippen LogP contribution in [0.1, 0.15) is 407 Å². The molecule has 0 saturated carbocycles. The van der Waals surface area contributed by atoms with Gasteiger partial charge in [-0.1, -0.05) is 387 Å². The molecule has 9 aromatic heterocycles. The number of thiophene rings is 2. The molecule has 0 spiro atoms. The molecule has 129 heavy (non-hydrogen) atoms. The van der Waals surface area contributed by atoms with Crippen LogP contribution >= 0.6 is 22.7 Å². The van der Waals surface area contributed by atoms with Crippen LogP contribution in [0.5, 0.6) is 0 Å². The molecular weight excluding hydrogens is 1610 g/mol. The van der Waals surface area contributed by atoms with Crippen molar-refractivity contribution in [3.8, 4) is 0 Å². The van der Waals surface area contributed by atoms with E-state index in [0.717, 1.165) is 99.4 Å². The van der Waals surface area contributed by atoms with Crippen molar-refractivity contribution < 1.29 is 13.6 Å². The molecule has 2 N–H and O–H groups in total. The average molecular weight is 1830 g/mol. The van der Waals surface area contributed by atoms with Gasteiger partial charge in [-0.25, -0.2) is 0 Å². The van der Waals surface area contributed by atoms with Crippen molar-refractivity contribution in [1.82, 2.24) is 24.9 Å². The van der Waals surface area contributed by atoms with Gasteiger partial charge in [0.1, 0.15) is 5.76 Å². The third-order valence-electron chi connectivity index (χ3n) is 14.9. The maximum Gasteiger partial charge on any atom is 0.104 e. The summed E-state index contributed by atoms with van der Waals surface area (Å²) in [5.74, 6) is 7.15. The lowest BCUT2D eigenvalue weighted by Gasteiger charge is -2.16. The number of ether oxygens (including phenoxy) is 1. The van der Waals surface area contributed by atoms with Crippen LogP contribution in [0.4, 0.5) is 0 Å². The number of nitrogens with zero attached hydrogens (tertiary/aromatic N) is 3. The van der Waals surface area contributed by atoms with Gasteiger partial charge in [-0.2, -0.15) is 11.3 Å². The first-order valence-electron chi connectivity index (χ1n) is 51.1. The Labute approximate surface area is 815 Å². The van der Waals surface area contributed by atoms with Gasteiger partial charge in [0.15, 0.2) is 0 Å². The first-order valence-corrected chi connectivity index (χ1v) is 52.9. The third kappa shape index (κ3) is 125. The normalized spacial score (nSPS) is 9.98. The number of aromatic nitrogens is 5. The van der Waals surface area contributed by atoms with E-state index in [0.29, 0.717) is 28.1 Å². The van der Waals surface area contributed by atoms with Crippen LogP contribution in [0.15, 0.2) is 221 Å². The predicted molar refractivity (Wildman–Crippen MR) is 596 cm³/mol. The molecule has 1 saturated heterocycles. The monoisotopic (exact) mass is 1830 g/mol. The van der Waals surface area contributed by atoms with Crippen molar-refractivity contribution in [3.05, 3.63) is 267 Å². The second kappa shape index (κ2) is 112. The topological polar surface area (TPSA) is 106 Å². The lowest BCUT2D eigenvalue weighted by atomic mass is 9.89. The number of aromatic amines is 2. The largest absolute Gasteiger partial charge is 0.472 e. The first-order chi connectivity index (χ1) is 61.5. The SMILES string of the molecule is C1CCOC1.CC.CC.CC.CC.CC.CC.CC.CC.CC.CC.CC.CC(C)(C)Cc1cc[nH]c1.CC(C)(C)Cc1ccoc1.CC(C)(C)Cc1ccsc1.CC(C)Cc1ccc[nH]1.CC(C)Cc1ccccc1.CC(C)Cc1ccccn1.CC(C)Cc1cccnc1.CC(C)Cc1ccco1.CC(C)Cc1cccs1.CC(C)Cc1ccncc1.CCC(C)C. The molecule has 0 unspecified atom stereocenters. The highest BCUT2D eigenvalue weighted by Gasteiger charge is 2.13. The van der Waals surface area contributed by atoms with Gasteiger partial charge in [-0.15, -0.1) is 11.3 Å². The van der Waals surface area contributed by atoms with E-state index in [-0.39, 0.29) is 0 Å². The summed E-state index contributed by atoms with van der Waals surface area (Å²) in [7, 11) is 0. The van der Waals surface area contributed by atoms with E-state index in [2.05, 4.69) is 312 Å². The number of nitrogens with one attached hydrogen (secondary N) is 2. The molecule has 0 amide bonds. The van der Waals surface area contributed by atoms with Crippen LogP contribution in [-0.4, -0.2) is 38.1 Å². The van der Waals surface area contributed by atoms with E-state index in [1.54, 1.807) is 23.9 Å². The van der Waals surface area contributed by atoms with Crippen molar-refractivity contribution in [1.29, 1.82) is 0 Å². The number of hydrogen-bond donors (Lipinski definition) is 2. The van der Waals surface area contributed by atoms with Crippen LogP contribution in [0.3, 0.4) is 0 Å². The predicted octanol–water partition coefficient (Wildman–Crippen LogP) is 40.3. The highest BCUT2D eigenvalue weighted by molar-refractivity contribution is 7.09. The number of H-pyrrole nitrogens is 2. The minimum absolute atomic E-state index is 0.365. The summed E-state index contributed by atoms with van der Waals surface area (Å²) in [6, 6.07) is 43.7. The Kier molecular flexibility index (Phi) is 128. The fourth-order valence-electron chi connectivity index (χ4n) is 10.2. The second-order valence-electron chi connectivity index (χ2n) is 34.9. The van der Waals surface area contributed by atoms with Crippen LogP contribution in [0, 0.1) is 63.6 Å². The van der Waals surface area contributed by atoms with Crippen molar-refractivity contribution in [2.24, 2.45) is 63.6 Å². The number of benzene rings is 1. The van der Waals surface area contributed by atoms with Crippen molar-refractivity contribution in [2.75, 3.05) is 13.2 Å². The Hall–Kier alpha value is -6.85. The Bertz CT molecular complexity index is 2960. The summed E-state index contributed by atoms with van der Waals surface area (Å²) in [5.41, 5.74) is 12.0. The van der Waals surface area contributed by atoms with Crippen LogP contribution < -0.4 is 0 Å². The molecule has 1 aliphatic rings. The van der Waals surface area contributed by atoms with Crippen LogP contribution in [0.2, 0.25) is 0 Å². The molecule has 0 atom stereocenters. The number of furan rings is 2. The molecule has 10 heteroatoms. The Morgan fingerprint density at radius 2 is 0.814 bits per heavy atom. The van der Waals surface area contributed by atoms with Gasteiger partial charge >= 0.3 is 0 Å². The fourth-order valence-corrected chi connectivity index (χ4v) is 11.8. The van der Waals surface area contributed by atoms with E-state index in [1.165, 1.54) is 88.2 Å². The van der Waals surface area contributed by atoms with E-state index in [1.807, 2.05) is 256 Å². The van der Waals surface area contributed by atoms with Gasteiger partial charge in [0, 0.05) is 85.5 Å². The van der Waals surface area contributed by atoms with Crippen LogP contribution in [0.25, 0.3) is 0 Å². The molecule has 1 aromatic carbocycles. The summed E-state index contributed by atoms with van der Waals surface area (Å²) in [6.45, 7) is 104. The maximum atomic E-state index is 5.14. The highest BCUT2D eigenvalue weighted by Crippen LogP contribution is 2.23. The summed E-state index contributed by atoms with van der Waals surface area (Å²) in [5, 5.41) is 6.50. The summed E-state index contributed by atoms with van der Waals surface area (Å²) in [4.78, 5) is 19.9. The molecule has 1 fully saturated rings. The van der Waals surface area contributed by atoms with Gasteiger partial charge in [0.05, 0.1) is 18.8 Å². The van der Waals surface area contributed by atoms with E-state index >= 15 is 0 Å². The fraction of sp³-hybridized carbons (Fsp3) is 0.622. The molecule has 0 aliphatic carbocycles. The molecule has 11 rings (SSSR count). The summed E-state index contributed by atoms with van der Waals surface area (Å²) in [6.07, 6.45) is 35.8. The lowest BCUT2D eigenvalue weighted by molar-refractivity contribution is 0.198. The highest BCUT2D eigenvalue weighted by atomic mass is 32.1. The van der Waals surface area contributed by atoms with Crippen LogP contribution in [-0.2, 0) is 68.9 Å². The van der Waals surface area contributed by atoms with E-state index in [9.17, 15) is 0 Å². The molecule has 0 bridgehead atoms. The van der Waals surface area contributed by atoms with E-state index < -0.39 is 0 Å². The van der Waals surface area contributed by atoms with Gasteiger partial charge in [-0.3, -0.25) is 15.0 Å². The molecule has 10 aromatic rings. The molecule has 10 heterocycles. The quantitative estimate of drug-likeness (QED) is 0.0887. The Morgan fingerprint density at radius 1 is 0.357 bits per heavy atom. The van der Waals surface area contributed by atoms with Crippen molar-refractivity contribution in [2.45, 2.75) is 416 Å². The number of rotatable bonds is 18. The minimum atomic E-state index is 0.365. The van der Waals surface area contributed by atoms with Gasteiger partial charge in [0.2, 0.25) is 0 Å². The lowest BCUT2D eigenvalue weighted by Crippen LogP contribution is -2.08. The molecule has 8 nitrogen and oxygen atoms in total. The van der Waals surface area contributed by atoms with Gasteiger partial charge in [0.25, 0.3) is 0 Å². The summed E-state index contributed by atoms with van der Waals surface area (Å²) >= 11 is 3.63. The maximum absolute atomic E-state index is 5.14. The third-order valence-corrected chi connectivity index (χ3v) is 16.6. The molecule has 0 radical (unpaired) electrons. The standard InChI is InChI=1S/C10H14.C9H15N.3C9H13N.C9H14O.C9H14S.C8H13N.C8H12O.C8H12S.C5H12.C4H8O.11C2H6/c1-9(2)8-10-6-4-3-5-7-10;1-9(2,3)6-8-4-5-10-7-8;1-8(2)7-9-3-5-10-6-4-9;1-8(2)6-9-4-3-5-10-7-9;1-8(2)7-9-5-3-4-6-10-9;2*1-9(2,3)6-8-4-5-10-7-8;3*1-7(2)6-8-4-3-5-9-8;1-4-5(2)3;1-2-4-5-3-1;11*1-2/h3-7,9H,8H2,1-2H3;4-5,7,10H,6H2,1-3H3;3-6,8H,7H2,1-2H3;3-5,7-8H,6H2,1-2H3;3-6,8H,7H2,1-2H3;2*4-5,7H,6H2,1-3H3;3-5,7,9H,6H2,1-2H3;2*3-5,7H,6H2,1-2H3;5H,4H2,1-3H3;1-4H2;11*1-2H3. The summed E-state index contributed by atoms with van der Waals surface area (Å²) < 4.78 is 15.0.